The van der Waals surface area contributed by atoms with E-state index in [0.29, 0.717) is 6.61 Å². The highest BCUT2D eigenvalue weighted by atomic mass is 16.5. The van der Waals surface area contributed by atoms with Gasteiger partial charge in [-0.3, -0.25) is 4.79 Å². The van der Waals surface area contributed by atoms with Crippen molar-refractivity contribution >= 4 is 28.1 Å². The summed E-state index contributed by atoms with van der Waals surface area (Å²) in [5, 5.41) is 8.38. The Morgan fingerprint density at radius 1 is 0.767 bits per heavy atom. The van der Waals surface area contributed by atoms with Gasteiger partial charge >= 0.3 is 0 Å². The molecule has 0 saturated carbocycles. The maximum absolute atomic E-state index is 12.3. The normalized spacial score (nSPS) is 10.5. The molecular weight excluding hydrogens is 372 g/mol. The van der Waals surface area contributed by atoms with Crippen LogP contribution in [-0.2, 0) is 11.2 Å². The van der Waals surface area contributed by atoms with E-state index in [2.05, 4.69) is 34.9 Å². The molecule has 0 fully saturated rings. The highest BCUT2D eigenvalue weighted by Gasteiger charge is 2.05. The molecule has 0 radical (unpaired) electrons. The molecule has 4 rings (SSSR count). The number of carbonyl (C=O) groups is 1. The Kier molecular flexibility index (Phi) is 6.25. The van der Waals surface area contributed by atoms with E-state index in [4.69, 9.17) is 4.74 Å². The van der Waals surface area contributed by atoms with Crippen LogP contribution in [-0.4, -0.2) is 19.1 Å². The maximum atomic E-state index is 12.3. The largest absolute Gasteiger partial charge is 0.493 e. The van der Waals surface area contributed by atoms with Crippen molar-refractivity contribution in [1.29, 1.82) is 0 Å². The second kappa shape index (κ2) is 9.61. The summed E-state index contributed by atoms with van der Waals surface area (Å²) in [6.07, 6.45) is 0.860. The molecule has 1 amide bonds. The summed E-state index contributed by atoms with van der Waals surface area (Å²) in [5.41, 5.74) is 2.95. The predicted octanol–water partition coefficient (Wildman–Crippen LogP) is 5.51. The molecule has 0 aliphatic rings. The molecule has 150 valence electrons. The van der Waals surface area contributed by atoms with Gasteiger partial charge in [-0.15, -0.1) is 0 Å². The van der Waals surface area contributed by atoms with E-state index < -0.39 is 0 Å². The molecule has 2 N–H and O–H groups in total. The molecule has 0 atom stereocenters. The molecule has 0 saturated heterocycles. The zero-order chi connectivity index (χ0) is 20.6. The molecule has 4 aromatic carbocycles. The van der Waals surface area contributed by atoms with Gasteiger partial charge in [-0.2, -0.15) is 0 Å². The smallest absolute Gasteiger partial charge is 0.243 e. The second-order valence-corrected chi connectivity index (χ2v) is 7.04. The van der Waals surface area contributed by atoms with E-state index in [1.807, 2.05) is 72.8 Å². The highest BCUT2D eigenvalue weighted by Crippen LogP contribution is 2.22. The topological polar surface area (TPSA) is 50.4 Å². The minimum Gasteiger partial charge on any atom is -0.493 e. The van der Waals surface area contributed by atoms with Gasteiger partial charge in [0.2, 0.25) is 5.91 Å². The number of anilines is 2. The van der Waals surface area contributed by atoms with Crippen LogP contribution in [0.3, 0.4) is 0 Å². The van der Waals surface area contributed by atoms with Crippen molar-refractivity contribution in [3.05, 3.63) is 103 Å². The Morgan fingerprint density at radius 2 is 1.50 bits per heavy atom. The van der Waals surface area contributed by atoms with E-state index in [9.17, 15) is 4.79 Å². The first kappa shape index (κ1) is 19.5. The molecule has 4 heteroatoms. The van der Waals surface area contributed by atoms with Gasteiger partial charge in [0, 0.05) is 23.2 Å². The highest BCUT2D eigenvalue weighted by molar-refractivity contribution is 5.97. The van der Waals surface area contributed by atoms with Gasteiger partial charge in [-0.25, -0.2) is 0 Å². The van der Waals surface area contributed by atoms with Crippen molar-refractivity contribution in [3.8, 4) is 5.75 Å². The third kappa shape index (κ3) is 5.17. The molecule has 30 heavy (non-hydrogen) atoms. The first-order chi connectivity index (χ1) is 14.8. The first-order valence-electron chi connectivity index (χ1n) is 10.1. The number of carbonyl (C=O) groups excluding carboxylic acids is 1. The molecule has 0 heterocycles. The number of benzene rings is 4. The maximum Gasteiger partial charge on any atom is 0.243 e. The number of hydrogen-bond donors (Lipinski definition) is 2. The summed E-state index contributed by atoms with van der Waals surface area (Å²) in [6, 6.07) is 31.8. The van der Waals surface area contributed by atoms with Crippen molar-refractivity contribution in [3.63, 3.8) is 0 Å². The average Bonchev–Trinajstić information content (AvgIpc) is 2.79. The molecule has 0 spiro atoms. The number of ether oxygens (including phenoxy) is 1. The third-order valence-corrected chi connectivity index (χ3v) is 4.87. The number of amides is 1. The van der Waals surface area contributed by atoms with Crippen molar-refractivity contribution in [2.24, 2.45) is 0 Å². The molecule has 4 nitrogen and oxygen atoms in total. The number of hydrogen-bond acceptors (Lipinski definition) is 3. The van der Waals surface area contributed by atoms with Crippen molar-refractivity contribution in [1.82, 2.24) is 0 Å². The Morgan fingerprint density at radius 3 is 2.33 bits per heavy atom. The van der Waals surface area contributed by atoms with Gasteiger partial charge in [0.1, 0.15) is 5.75 Å². The van der Waals surface area contributed by atoms with Crippen LogP contribution in [0.5, 0.6) is 5.75 Å². The standard InChI is InChI=1S/C26H24N2O2/c29-26(19-27-25-12-6-10-21-9-4-5-11-24(21)25)28-22-13-15-23(16-14-22)30-18-17-20-7-2-1-3-8-20/h1-16,27H,17-19H2,(H,28,29). The van der Waals surface area contributed by atoms with Crippen LogP contribution in [0.2, 0.25) is 0 Å². The van der Waals surface area contributed by atoms with Crippen LogP contribution in [0, 0.1) is 0 Å². The van der Waals surface area contributed by atoms with Crippen molar-refractivity contribution in [2.45, 2.75) is 6.42 Å². The van der Waals surface area contributed by atoms with E-state index in [1.165, 1.54) is 5.56 Å². The van der Waals surface area contributed by atoms with Gasteiger partial charge < -0.3 is 15.4 Å². The summed E-state index contributed by atoms with van der Waals surface area (Å²) in [7, 11) is 0. The summed E-state index contributed by atoms with van der Waals surface area (Å²) in [4.78, 5) is 12.3. The molecule has 0 aliphatic heterocycles. The van der Waals surface area contributed by atoms with Gasteiger partial charge in [0.05, 0.1) is 13.2 Å². The monoisotopic (exact) mass is 396 g/mol. The minimum atomic E-state index is -0.0966. The third-order valence-electron chi connectivity index (χ3n) is 4.87. The van der Waals surface area contributed by atoms with Gasteiger partial charge in [-0.05, 0) is 41.3 Å². The Balaban J connectivity index is 1.26. The van der Waals surface area contributed by atoms with E-state index >= 15 is 0 Å². The summed E-state index contributed by atoms with van der Waals surface area (Å²) in [5.74, 6) is 0.693. The lowest BCUT2D eigenvalue weighted by atomic mass is 10.1. The predicted molar refractivity (Wildman–Crippen MR) is 123 cm³/mol. The Hall–Kier alpha value is -3.79. The van der Waals surface area contributed by atoms with Crippen LogP contribution in [0.25, 0.3) is 10.8 Å². The van der Waals surface area contributed by atoms with Crippen LogP contribution in [0.15, 0.2) is 97.1 Å². The second-order valence-electron chi connectivity index (χ2n) is 7.04. The zero-order valence-corrected chi connectivity index (χ0v) is 16.7. The molecule has 0 aromatic heterocycles. The lowest BCUT2D eigenvalue weighted by molar-refractivity contribution is -0.114. The SMILES string of the molecule is O=C(CNc1cccc2ccccc12)Nc1ccc(OCCc2ccccc2)cc1. The fourth-order valence-corrected chi connectivity index (χ4v) is 3.33. The van der Waals surface area contributed by atoms with E-state index in [1.54, 1.807) is 0 Å². The lowest BCUT2D eigenvalue weighted by Crippen LogP contribution is -2.21. The average molecular weight is 396 g/mol. The number of fused-ring (bicyclic) bond motifs is 1. The summed E-state index contributed by atoms with van der Waals surface area (Å²) in [6.45, 7) is 0.813. The van der Waals surface area contributed by atoms with E-state index in [-0.39, 0.29) is 12.5 Å². The first-order valence-corrected chi connectivity index (χ1v) is 10.1. The molecule has 0 aliphatic carbocycles. The van der Waals surface area contributed by atoms with Crippen LogP contribution < -0.4 is 15.4 Å². The van der Waals surface area contributed by atoms with Crippen molar-refractivity contribution in [2.75, 3.05) is 23.8 Å². The molecular formula is C26H24N2O2. The number of rotatable bonds is 8. The molecule has 0 bridgehead atoms. The van der Waals surface area contributed by atoms with Crippen LogP contribution >= 0.6 is 0 Å². The minimum absolute atomic E-state index is 0.0966. The van der Waals surface area contributed by atoms with Gasteiger partial charge in [0.15, 0.2) is 0 Å². The van der Waals surface area contributed by atoms with E-state index in [0.717, 1.165) is 34.3 Å². The summed E-state index contributed by atoms with van der Waals surface area (Å²) >= 11 is 0. The number of nitrogens with one attached hydrogen (secondary N) is 2. The van der Waals surface area contributed by atoms with Gasteiger partial charge in [-0.1, -0.05) is 66.7 Å². The van der Waals surface area contributed by atoms with Crippen LogP contribution in [0.1, 0.15) is 5.56 Å². The quantitative estimate of drug-likeness (QED) is 0.413. The zero-order valence-electron chi connectivity index (χ0n) is 16.7. The summed E-state index contributed by atoms with van der Waals surface area (Å²) < 4.78 is 5.79. The van der Waals surface area contributed by atoms with Crippen molar-refractivity contribution < 1.29 is 9.53 Å². The Bertz CT molecular complexity index is 1100. The molecule has 4 aromatic rings. The van der Waals surface area contributed by atoms with Crippen LogP contribution in [0.4, 0.5) is 11.4 Å². The Labute approximate surface area is 176 Å². The molecule has 0 unspecified atom stereocenters. The fraction of sp³-hybridized carbons (Fsp3) is 0.115. The lowest BCUT2D eigenvalue weighted by Gasteiger charge is -2.11. The van der Waals surface area contributed by atoms with Gasteiger partial charge in [0.25, 0.3) is 0 Å². The fourth-order valence-electron chi connectivity index (χ4n) is 3.33.